The van der Waals surface area contributed by atoms with Crippen LogP contribution in [0.5, 0.6) is 0 Å². The van der Waals surface area contributed by atoms with Gasteiger partial charge in [0.15, 0.2) is 0 Å². The molecule has 0 radical (unpaired) electrons. The Bertz CT molecular complexity index is 31.7. The third kappa shape index (κ3) is 3.74. The quantitative estimate of drug-likeness (QED) is 0.633. The van der Waals surface area contributed by atoms with Crippen LogP contribution in [-0.2, 0) is 12.2 Å². The molecule has 0 bridgehead atoms. The summed E-state index contributed by atoms with van der Waals surface area (Å²) in [6.07, 6.45) is 0. The van der Waals surface area contributed by atoms with Gasteiger partial charge in [-0.2, -0.15) is 12.2 Å². The molecule has 0 fully saturated rings. The summed E-state index contributed by atoms with van der Waals surface area (Å²) in [4.78, 5) is 0. The van der Waals surface area contributed by atoms with Gasteiger partial charge in [0.1, 0.15) is 0 Å². The lowest BCUT2D eigenvalue weighted by Crippen LogP contribution is -1.67. The smallest absolute Gasteiger partial charge is 0.198 e. The Morgan fingerprint density at radius 2 is 1.14 bits per heavy atom. The zero-order chi connectivity index (χ0) is 5.70. The van der Waals surface area contributed by atoms with Gasteiger partial charge >= 0.3 is 8.60 Å². The molecule has 0 aliphatic heterocycles. The van der Waals surface area contributed by atoms with Gasteiger partial charge in [-0.1, -0.05) is 0 Å². The Hall–Kier alpha value is 1.18. The molecular weight excluding hydrogens is 185 g/mol. The van der Waals surface area contributed by atoms with E-state index in [1.807, 2.05) is 0 Å². The maximum Gasteiger partial charge on any atom is 0.386 e. The monoisotopic (exact) mass is 184 g/mol. The molecule has 0 amide bonds. The van der Waals surface area contributed by atoms with E-state index in [0.29, 0.717) is 0 Å². The minimum atomic E-state index is -1.76. The second-order valence-electron chi connectivity index (χ2n) is 0.431. The molecule has 0 heterocycles. The third-order valence-electron chi connectivity index (χ3n) is 0.169. The van der Waals surface area contributed by atoms with Crippen molar-refractivity contribution >= 4 is 44.2 Å². The predicted molar refractivity (Wildman–Crippen MR) is 27.7 cm³/mol. The number of hydrogen-bond donors (Lipinski definition) is 0. The van der Waals surface area contributed by atoms with Crippen LogP contribution in [-0.4, -0.2) is 0 Å². The van der Waals surface area contributed by atoms with Gasteiger partial charge in [0, 0.05) is 0 Å². The van der Waals surface area contributed by atoms with Crippen LogP contribution in [0, 0.1) is 0 Å². The predicted octanol–water partition coefficient (Wildman–Crippen LogP) is 2.72. The van der Waals surface area contributed by atoms with Gasteiger partial charge in [0.25, 0.3) is 0 Å². The van der Waals surface area contributed by atoms with Gasteiger partial charge in [-0.05, 0) is 0 Å². The molecular formula is Cl3O3P. The van der Waals surface area contributed by atoms with Crippen molar-refractivity contribution < 1.29 is 12.2 Å². The lowest BCUT2D eigenvalue weighted by Gasteiger charge is -1.96. The molecule has 0 saturated carbocycles. The van der Waals surface area contributed by atoms with Crippen LogP contribution in [0.4, 0.5) is 0 Å². The van der Waals surface area contributed by atoms with Crippen molar-refractivity contribution in [3.63, 3.8) is 0 Å². The van der Waals surface area contributed by atoms with Crippen molar-refractivity contribution in [2.75, 3.05) is 0 Å². The normalized spacial score (nSPS) is 10.3. The minimum absolute atomic E-state index is 1.76. The molecule has 3 nitrogen and oxygen atoms in total. The van der Waals surface area contributed by atoms with Gasteiger partial charge in [-0.15, -0.1) is 0 Å². The van der Waals surface area contributed by atoms with Crippen molar-refractivity contribution in [1.29, 1.82) is 0 Å². The van der Waals surface area contributed by atoms with Crippen LogP contribution < -0.4 is 0 Å². The maximum atomic E-state index is 4.68. The molecule has 0 aliphatic rings. The van der Waals surface area contributed by atoms with Crippen LogP contribution in [0.25, 0.3) is 0 Å². The number of halogens is 3. The lowest BCUT2D eigenvalue weighted by atomic mass is 15.8. The van der Waals surface area contributed by atoms with E-state index in [4.69, 9.17) is 0 Å². The molecule has 7 heavy (non-hydrogen) atoms. The summed E-state index contributed by atoms with van der Waals surface area (Å²) in [5.74, 6) is 0. The fourth-order valence-electron chi connectivity index (χ4n) is 0.0319. The summed E-state index contributed by atoms with van der Waals surface area (Å²) >= 11 is 14.0. The molecule has 0 rings (SSSR count). The summed E-state index contributed by atoms with van der Waals surface area (Å²) in [7, 11) is -1.76. The van der Waals surface area contributed by atoms with E-state index >= 15 is 0 Å². The molecule has 0 aliphatic carbocycles. The Labute approximate surface area is 56.9 Å². The van der Waals surface area contributed by atoms with Crippen LogP contribution in [0.1, 0.15) is 0 Å². The SMILES string of the molecule is ClOP(OCl)OCl. The molecule has 0 aromatic carbocycles. The molecule has 0 saturated heterocycles. The fourth-order valence-corrected chi connectivity index (χ4v) is 0.862. The Kier molecular flexibility index (Phi) is 6.22. The first kappa shape index (κ1) is 8.18. The van der Waals surface area contributed by atoms with Gasteiger partial charge in [-0.3, -0.25) is 0 Å². The first-order chi connectivity index (χ1) is 3.35. The van der Waals surface area contributed by atoms with Crippen molar-refractivity contribution in [3.05, 3.63) is 0 Å². The Morgan fingerprint density at radius 1 is 0.857 bits per heavy atom. The standard InChI is InChI=1S/Cl3O3P/c1-4-7(5-2)6-3. The van der Waals surface area contributed by atoms with Gasteiger partial charge in [0.05, 0.1) is 35.6 Å². The molecule has 0 N–H and O–H groups in total. The summed E-state index contributed by atoms with van der Waals surface area (Å²) in [6, 6.07) is 0. The van der Waals surface area contributed by atoms with E-state index in [0.717, 1.165) is 0 Å². The van der Waals surface area contributed by atoms with E-state index in [2.05, 4.69) is 47.8 Å². The first-order valence-electron chi connectivity index (χ1n) is 1.01. The van der Waals surface area contributed by atoms with E-state index in [1.165, 1.54) is 0 Å². The van der Waals surface area contributed by atoms with Crippen LogP contribution in [0.3, 0.4) is 0 Å². The van der Waals surface area contributed by atoms with Gasteiger partial charge in [-0.25, -0.2) is 0 Å². The zero-order valence-corrected chi connectivity index (χ0v) is 5.97. The molecule has 0 aromatic rings. The zero-order valence-electron chi connectivity index (χ0n) is 2.81. The average molecular weight is 185 g/mol. The Morgan fingerprint density at radius 3 is 1.14 bits per heavy atom. The molecule has 0 aromatic heterocycles. The van der Waals surface area contributed by atoms with Crippen molar-refractivity contribution in [1.82, 2.24) is 0 Å². The third-order valence-corrected chi connectivity index (χ3v) is 1.52. The van der Waals surface area contributed by atoms with Crippen molar-refractivity contribution in [2.24, 2.45) is 0 Å². The summed E-state index contributed by atoms with van der Waals surface area (Å²) in [5, 5.41) is 0. The van der Waals surface area contributed by atoms with Crippen LogP contribution >= 0.6 is 44.2 Å². The number of hydrogen-bond acceptors (Lipinski definition) is 3. The largest absolute Gasteiger partial charge is 0.386 e. The second kappa shape index (κ2) is 5.32. The second-order valence-corrected chi connectivity index (χ2v) is 2.53. The Balaban J connectivity index is 2.99. The van der Waals surface area contributed by atoms with Crippen molar-refractivity contribution in [3.8, 4) is 0 Å². The maximum absolute atomic E-state index is 4.68. The molecule has 0 atom stereocenters. The van der Waals surface area contributed by atoms with Gasteiger partial charge < -0.3 is 0 Å². The summed E-state index contributed by atoms with van der Waals surface area (Å²) < 4.78 is 11.6. The van der Waals surface area contributed by atoms with E-state index in [-0.39, 0.29) is 0 Å². The average Bonchev–Trinajstić information content (AvgIpc) is 1.72. The van der Waals surface area contributed by atoms with E-state index in [1.54, 1.807) is 0 Å². The minimum Gasteiger partial charge on any atom is -0.198 e. The molecule has 7 heteroatoms. The van der Waals surface area contributed by atoms with Crippen molar-refractivity contribution in [2.45, 2.75) is 0 Å². The van der Waals surface area contributed by atoms with Gasteiger partial charge in [0.2, 0.25) is 0 Å². The topological polar surface area (TPSA) is 27.7 Å². The highest BCUT2D eigenvalue weighted by Gasteiger charge is 2.08. The highest BCUT2D eigenvalue weighted by atomic mass is 35.5. The summed E-state index contributed by atoms with van der Waals surface area (Å²) in [6.45, 7) is 0. The highest BCUT2D eigenvalue weighted by molar-refractivity contribution is 7.44. The lowest BCUT2D eigenvalue weighted by molar-refractivity contribution is 0.439. The van der Waals surface area contributed by atoms with E-state index in [9.17, 15) is 0 Å². The van der Waals surface area contributed by atoms with Crippen LogP contribution in [0.2, 0.25) is 0 Å². The first-order valence-corrected chi connectivity index (χ1v) is 3.03. The van der Waals surface area contributed by atoms with Crippen LogP contribution in [0.15, 0.2) is 0 Å². The molecule has 0 spiro atoms. The highest BCUT2D eigenvalue weighted by Crippen LogP contribution is 2.43. The molecule has 0 unspecified atom stereocenters. The fraction of sp³-hybridized carbons (Fsp3) is 0. The number of rotatable bonds is 3. The molecule has 44 valence electrons. The summed E-state index contributed by atoms with van der Waals surface area (Å²) in [5.41, 5.74) is 0. The van der Waals surface area contributed by atoms with E-state index < -0.39 is 8.60 Å².